The number of nitrogens with one attached hydrogen (secondary N) is 2. The minimum Gasteiger partial charge on any atom is -0.382 e. The van der Waals surface area contributed by atoms with E-state index >= 15 is 0 Å². The first kappa shape index (κ1) is 23.2. The predicted molar refractivity (Wildman–Crippen MR) is 116 cm³/mol. The SMILES string of the molecule is CCNC(=NCc1ccc(C(=O)N2CCCCC2)cc1)NCCCOCCOC. The van der Waals surface area contributed by atoms with E-state index in [0.717, 1.165) is 62.5 Å². The molecule has 7 nitrogen and oxygen atoms in total. The molecule has 162 valence electrons. The van der Waals surface area contributed by atoms with Gasteiger partial charge in [-0.25, -0.2) is 4.99 Å². The van der Waals surface area contributed by atoms with Crippen LogP contribution in [0.4, 0.5) is 0 Å². The third-order valence-corrected chi connectivity index (χ3v) is 4.80. The molecule has 1 saturated heterocycles. The molecule has 0 radical (unpaired) electrons. The number of likely N-dealkylation sites (tertiary alicyclic amines) is 1. The van der Waals surface area contributed by atoms with Gasteiger partial charge in [-0.1, -0.05) is 12.1 Å². The lowest BCUT2D eigenvalue weighted by molar-refractivity contribution is 0.0698. The number of methoxy groups -OCH3 is 1. The first-order valence-electron chi connectivity index (χ1n) is 10.7. The molecule has 2 N–H and O–H groups in total. The zero-order valence-electron chi connectivity index (χ0n) is 17.9. The summed E-state index contributed by atoms with van der Waals surface area (Å²) in [5.41, 5.74) is 1.85. The monoisotopic (exact) mass is 404 g/mol. The van der Waals surface area contributed by atoms with Gasteiger partial charge in [-0.15, -0.1) is 0 Å². The fraction of sp³-hybridized carbons (Fsp3) is 0.636. The fourth-order valence-corrected chi connectivity index (χ4v) is 3.17. The first-order valence-corrected chi connectivity index (χ1v) is 10.7. The Morgan fingerprint density at radius 3 is 2.52 bits per heavy atom. The third-order valence-electron chi connectivity index (χ3n) is 4.80. The lowest BCUT2D eigenvalue weighted by atomic mass is 10.1. The maximum absolute atomic E-state index is 12.6. The Morgan fingerprint density at radius 2 is 1.83 bits per heavy atom. The van der Waals surface area contributed by atoms with Gasteiger partial charge in [0.1, 0.15) is 0 Å². The summed E-state index contributed by atoms with van der Waals surface area (Å²) >= 11 is 0. The summed E-state index contributed by atoms with van der Waals surface area (Å²) < 4.78 is 10.4. The van der Waals surface area contributed by atoms with Crippen molar-refractivity contribution < 1.29 is 14.3 Å². The minimum atomic E-state index is 0.141. The average Bonchev–Trinajstić information content (AvgIpc) is 2.77. The number of carbonyl (C=O) groups is 1. The fourth-order valence-electron chi connectivity index (χ4n) is 3.17. The van der Waals surface area contributed by atoms with E-state index < -0.39 is 0 Å². The van der Waals surface area contributed by atoms with Gasteiger partial charge < -0.3 is 25.0 Å². The van der Waals surface area contributed by atoms with Crippen molar-refractivity contribution in [1.82, 2.24) is 15.5 Å². The molecule has 0 aliphatic carbocycles. The topological polar surface area (TPSA) is 75.2 Å². The van der Waals surface area contributed by atoms with E-state index in [2.05, 4.69) is 15.6 Å². The van der Waals surface area contributed by atoms with Gasteiger partial charge >= 0.3 is 0 Å². The van der Waals surface area contributed by atoms with Crippen molar-refractivity contribution in [1.29, 1.82) is 0 Å². The number of hydrogen-bond acceptors (Lipinski definition) is 4. The third kappa shape index (κ3) is 8.83. The molecule has 7 heteroatoms. The molecule has 0 aromatic heterocycles. The van der Waals surface area contributed by atoms with E-state index in [1.54, 1.807) is 7.11 Å². The summed E-state index contributed by atoms with van der Waals surface area (Å²) in [6.07, 6.45) is 4.35. The molecule has 1 aliphatic rings. The molecule has 0 bridgehead atoms. The van der Waals surface area contributed by atoms with Crippen molar-refractivity contribution in [2.45, 2.75) is 39.2 Å². The predicted octanol–water partition coefficient (Wildman–Crippen LogP) is 2.42. The van der Waals surface area contributed by atoms with Gasteiger partial charge in [-0.05, 0) is 50.3 Å². The molecule has 0 saturated carbocycles. The molecule has 1 aromatic carbocycles. The van der Waals surface area contributed by atoms with Crippen molar-refractivity contribution in [3.8, 4) is 0 Å². The van der Waals surface area contributed by atoms with Crippen LogP contribution in [-0.4, -0.2) is 69.9 Å². The Kier molecular flexibility index (Phi) is 11.1. The molecule has 0 unspecified atom stereocenters. The maximum Gasteiger partial charge on any atom is 0.253 e. The smallest absolute Gasteiger partial charge is 0.253 e. The van der Waals surface area contributed by atoms with Gasteiger partial charge in [-0.2, -0.15) is 0 Å². The Morgan fingerprint density at radius 1 is 1.07 bits per heavy atom. The number of nitrogens with zero attached hydrogens (tertiary/aromatic N) is 2. The van der Waals surface area contributed by atoms with Crippen LogP contribution in [0.2, 0.25) is 0 Å². The minimum absolute atomic E-state index is 0.141. The zero-order chi connectivity index (χ0) is 20.7. The average molecular weight is 405 g/mol. The maximum atomic E-state index is 12.6. The van der Waals surface area contributed by atoms with Crippen LogP contribution in [0.15, 0.2) is 29.3 Å². The standard InChI is InChI=1S/C22H36N4O3/c1-3-23-22(24-12-7-15-29-17-16-28-2)25-18-19-8-10-20(11-9-19)21(27)26-13-5-4-6-14-26/h8-11H,3-7,12-18H2,1-2H3,(H2,23,24,25). The second kappa shape index (κ2) is 14.0. The van der Waals surface area contributed by atoms with E-state index in [9.17, 15) is 4.79 Å². The largest absolute Gasteiger partial charge is 0.382 e. The highest BCUT2D eigenvalue weighted by atomic mass is 16.5. The van der Waals surface area contributed by atoms with Crippen molar-refractivity contribution in [3.63, 3.8) is 0 Å². The van der Waals surface area contributed by atoms with Crippen molar-refractivity contribution in [2.75, 3.05) is 53.1 Å². The Labute approximate surface area is 174 Å². The van der Waals surface area contributed by atoms with Crippen LogP contribution in [0.25, 0.3) is 0 Å². The van der Waals surface area contributed by atoms with Gasteiger partial charge in [0.2, 0.25) is 0 Å². The Balaban J connectivity index is 1.78. The highest BCUT2D eigenvalue weighted by molar-refractivity contribution is 5.94. The number of piperidine rings is 1. The highest BCUT2D eigenvalue weighted by Gasteiger charge is 2.17. The summed E-state index contributed by atoms with van der Waals surface area (Å²) in [5.74, 6) is 0.931. The van der Waals surface area contributed by atoms with E-state index in [-0.39, 0.29) is 5.91 Å². The number of guanidine groups is 1. The molecule has 29 heavy (non-hydrogen) atoms. The highest BCUT2D eigenvalue weighted by Crippen LogP contribution is 2.14. The van der Waals surface area contributed by atoms with Gasteiger partial charge in [0.15, 0.2) is 5.96 Å². The number of benzene rings is 1. The summed E-state index contributed by atoms with van der Waals surface area (Å²) in [4.78, 5) is 19.1. The first-order chi connectivity index (χ1) is 14.2. The number of ether oxygens (including phenoxy) is 2. The summed E-state index contributed by atoms with van der Waals surface area (Å²) in [6, 6.07) is 7.82. The van der Waals surface area contributed by atoms with Crippen LogP contribution >= 0.6 is 0 Å². The quantitative estimate of drug-likeness (QED) is 0.337. The number of carbonyl (C=O) groups excluding carboxylic acids is 1. The van der Waals surface area contributed by atoms with Crippen LogP contribution in [0.3, 0.4) is 0 Å². The van der Waals surface area contributed by atoms with Gasteiger partial charge in [0.25, 0.3) is 5.91 Å². The molecule has 1 amide bonds. The van der Waals surface area contributed by atoms with Crippen LogP contribution in [0.5, 0.6) is 0 Å². The van der Waals surface area contributed by atoms with E-state index in [4.69, 9.17) is 9.47 Å². The molecule has 1 aromatic rings. The molecule has 0 atom stereocenters. The normalized spacial score (nSPS) is 14.7. The van der Waals surface area contributed by atoms with Gasteiger partial charge in [-0.3, -0.25) is 4.79 Å². The lowest BCUT2D eigenvalue weighted by Crippen LogP contribution is -2.38. The zero-order valence-corrected chi connectivity index (χ0v) is 17.9. The van der Waals surface area contributed by atoms with Crippen LogP contribution in [0, 0.1) is 0 Å². The summed E-state index contributed by atoms with van der Waals surface area (Å²) in [5, 5.41) is 6.58. The Hall–Kier alpha value is -2.12. The molecule has 1 aliphatic heterocycles. The molecular formula is C22H36N4O3. The van der Waals surface area contributed by atoms with Crippen LogP contribution in [0.1, 0.15) is 48.5 Å². The van der Waals surface area contributed by atoms with Crippen molar-refractivity contribution in [3.05, 3.63) is 35.4 Å². The second-order valence-corrected chi connectivity index (χ2v) is 7.13. The summed E-state index contributed by atoms with van der Waals surface area (Å²) in [6.45, 7) is 7.91. The van der Waals surface area contributed by atoms with Crippen LogP contribution < -0.4 is 10.6 Å². The van der Waals surface area contributed by atoms with Crippen molar-refractivity contribution in [2.24, 2.45) is 4.99 Å². The van der Waals surface area contributed by atoms with Crippen LogP contribution in [-0.2, 0) is 16.0 Å². The van der Waals surface area contributed by atoms with E-state index in [1.807, 2.05) is 36.1 Å². The Bertz CT molecular complexity index is 613. The second-order valence-electron chi connectivity index (χ2n) is 7.13. The number of aliphatic imine (C=N–C) groups is 1. The molecule has 2 rings (SSSR count). The van der Waals surface area contributed by atoms with Crippen molar-refractivity contribution >= 4 is 11.9 Å². The number of rotatable bonds is 11. The summed E-state index contributed by atoms with van der Waals surface area (Å²) in [7, 11) is 1.67. The molecule has 0 spiro atoms. The molecule has 1 fully saturated rings. The van der Waals surface area contributed by atoms with E-state index in [0.29, 0.717) is 26.4 Å². The van der Waals surface area contributed by atoms with E-state index in [1.165, 1.54) is 6.42 Å². The molecular weight excluding hydrogens is 368 g/mol. The van der Waals surface area contributed by atoms with Gasteiger partial charge in [0.05, 0.1) is 19.8 Å². The number of hydrogen-bond donors (Lipinski definition) is 2. The molecule has 1 heterocycles. The lowest BCUT2D eigenvalue weighted by Gasteiger charge is -2.26. The van der Waals surface area contributed by atoms with Gasteiger partial charge in [0, 0.05) is 45.5 Å². The number of amides is 1.